The Morgan fingerprint density at radius 1 is 1.29 bits per heavy atom. The van der Waals surface area contributed by atoms with E-state index in [2.05, 4.69) is 0 Å². The van der Waals surface area contributed by atoms with Crippen molar-refractivity contribution in [2.75, 3.05) is 32.8 Å². The van der Waals surface area contributed by atoms with Gasteiger partial charge in [0, 0.05) is 44.6 Å². The average Bonchev–Trinajstić information content (AvgIpc) is 3.10. The summed E-state index contributed by atoms with van der Waals surface area (Å²) in [4.78, 5) is 29.4. The number of rotatable bonds is 3. The molecule has 1 N–H and O–H groups in total. The molecule has 0 bridgehead atoms. The van der Waals surface area contributed by atoms with Crippen molar-refractivity contribution >= 4 is 11.8 Å². The Balaban J connectivity index is 1.78. The predicted molar refractivity (Wildman–Crippen MR) is 90.7 cm³/mol. The van der Waals surface area contributed by atoms with E-state index in [1.807, 2.05) is 36.4 Å². The lowest BCUT2D eigenvalue weighted by Gasteiger charge is -2.39. The maximum atomic E-state index is 12.9. The van der Waals surface area contributed by atoms with Gasteiger partial charge in [-0.25, -0.2) is 0 Å². The number of piperidine rings is 1. The van der Waals surface area contributed by atoms with Crippen molar-refractivity contribution < 1.29 is 14.7 Å². The van der Waals surface area contributed by atoms with Gasteiger partial charge in [-0.05, 0) is 39.2 Å². The zero-order valence-corrected chi connectivity index (χ0v) is 14.8. The highest BCUT2D eigenvalue weighted by Crippen LogP contribution is 2.40. The summed E-state index contributed by atoms with van der Waals surface area (Å²) in [6.45, 7) is 6.18. The Morgan fingerprint density at radius 2 is 2.04 bits per heavy atom. The summed E-state index contributed by atoms with van der Waals surface area (Å²) >= 11 is 0. The minimum absolute atomic E-state index is 0.00699. The Bertz CT molecular complexity index is 665. The normalized spacial score (nSPS) is 24.2. The SMILES string of the molecule is Cc1cc(C(=O)N2CC[C@@]3(CCCN(CCO)C3=O)C2)c(C)n1C. The van der Waals surface area contributed by atoms with Crippen LogP contribution in [0.1, 0.15) is 41.0 Å². The number of aryl methyl sites for hydroxylation is 1. The minimum atomic E-state index is -0.444. The zero-order chi connectivity index (χ0) is 17.5. The molecule has 6 nitrogen and oxygen atoms in total. The molecule has 0 aliphatic carbocycles. The van der Waals surface area contributed by atoms with Crippen LogP contribution in [0.5, 0.6) is 0 Å². The van der Waals surface area contributed by atoms with Gasteiger partial charge in [0.05, 0.1) is 17.6 Å². The molecule has 2 aliphatic heterocycles. The first-order chi connectivity index (χ1) is 11.4. The molecule has 1 aromatic rings. The molecule has 2 saturated heterocycles. The first-order valence-corrected chi connectivity index (χ1v) is 8.72. The van der Waals surface area contributed by atoms with Crippen LogP contribution in [0, 0.1) is 19.3 Å². The van der Waals surface area contributed by atoms with E-state index >= 15 is 0 Å². The number of likely N-dealkylation sites (tertiary alicyclic amines) is 2. The Hall–Kier alpha value is -1.82. The molecule has 24 heavy (non-hydrogen) atoms. The molecule has 0 saturated carbocycles. The first kappa shape index (κ1) is 17.0. The van der Waals surface area contributed by atoms with Crippen LogP contribution in [0.15, 0.2) is 6.07 Å². The van der Waals surface area contributed by atoms with Gasteiger partial charge in [0.2, 0.25) is 5.91 Å². The van der Waals surface area contributed by atoms with Gasteiger partial charge >= 0.3 is 0 Å². The van der Waals surface area contributed by atoms with Gasteiger partial charge in [0.15, 0.2) is 0 Å². The van der Waals surface area contributed by atoms with Gasteiger partial charge in [-0.15, -0.1) is 0 Å². The van der Waals surface area contributed by atoms with Crippen LogP contribution in [0.3, 0.4) is 0 Å². The molecule has 3 heterocycles. The molecule has 0 aromatic carbocycles. The molecule has 3 rings (SSSR count). The molecule has 0 unspecified atom stereocenters. The highest BCUT2D eigenvalue weighted by molar-refractivity contribution is 5.97. The second-order valence-corrected chi connectivity index (χ2v) is 7.22. The first-order valence-electron chi connectivity index (χ1n) is 8.72. The third-order valence-electron chi connectivity index (χ3n) is 5.84. The number of aliphatic hydroxyl groups is 1. The van der Waals surface area contributed by atoms with Crippen LogP contribution in [-0.4, -0.2) is 64.1 Å². The monoisotopic (exact) mass is 333 g/mol. The molecular formula is C18H27N3O3. The van der Waals surface area contributed by atoms with E-state index in [9.17, 15) is 9.59 Å². The summed E-state index contributed by atoms with van der Waals surface area (Å²) in [7, 11) is 1.96. The van der Waals surface area contributed by atoms with E-state index in [1.54, 1.807) is 4.90 Å². The van der Waals surface area contributed by atoms with E-state index in [1.165, 1.54) is 0 Å². The van der Waals surface area contributed by atoms with Gasteiger partial charge in [-0.3, -0.25) is 9.59 Å². The van der Waals surface area contributed by atoms with E-state index in [-0.39, 0.29) is 18.4 Å². The summed E-state index contributed by atoms with van der Waals surface area (Å²) in [6.07, 6.45) is 2.51. The van der Waals surface area contributed by atoms with Crippen molar-refractivity contribution in [3.8, 4) is 0 Å². The van der Waals surface area contributed by atoms with E-state index in [4.69, 9.17) is 5.11 Å². The summed E-state index contributed by atoms with van der Waals surface area (Å²) < 4.78 is 2.02. The second-order valence-electron chi connectivity index (χ2n) is 7.22. The lowest BCUT2D eigenvalue weighted by molar-refractivity contribution is -0.146. The third kappa shape index (κ3) is 2.62. The van der Waals surface area contributed by atoms with Crippen LogP contribution in [0.4, 0.5) is 0 Å². The van der Waals surface area contributed by atoms with Crippen molar-refractivity contribution in [3.63, 3.8) is 0 Å². The van der Waals surface area contributed by atoms with Crippen molar-refractivity contribution in [2.24, 2.45) is 12.5 Å². The van der Waals surface area contributed by atoms with Crippen molar-refractivity contribution in [3.05, 3.63) is 23.0 Å². The smallest absolute Gasteiger partial charge is 0.255 e. The lowest BCUT2D eigenvalue weighted by Crippen LogP contribution is -2.51. The molecule has 2 aliphatic rings. The molecule has 132 valence electrons. The van der Waals surface area contributed by atoms with E-state index in [0.29, 0.717) is 26.2 Å². The second kappa shape index (κ2) is 6.24. The number of amides is 2. The molecular weight excluding hydrogens is 306 g/mol. The van der Waals surface area contributed by atoms with Crippen LogP contribution in [-0.2, 0) is 11.8 Å². The molecule has 1 spiro atoms. The number of hydrogen-bond acceptors (Lipinski definition) is 3. The van der Waals surface area contributed by atoms with E-state index in [0.717, 1.165) is 36.2 Å². The number of carbonyl (C=O) groups is 2. The summed E-state index contributed by atoms with van der Waals surface area (Å²) in [5, 5.41) is 9.15. The van der Waals surface area contributed by atoms with Gasteiger partial charge < -0.3 is 19.5 Å². The fourth-order valence-electron chi connectivity index (χ4n) is 4.15. The van der Waals surface area contributed by atoms with Crippen LogP contribution in [0.2, 0.25) is 0 Å². The van der Waals surface area contributed by atoms with Gasteiger partial charge in [0.1, 0.15) is 0 Å². The summed E-state index contributed by atoms with van der Waals surface area (Å²) in [5.74, 6) is 0.138. The predicted octanol–water partition coefficient (Wildman–Crippen LogP) is 1.09. The van der Waals surface area contributed by atoms with Gasteiger partial charge in [-0.1, -0.05) is 0 Å². The maximum Gasteiger partial charge on any atom is 0.255 e. The largest absolute Gasteiger partial charge is 0.395 e. The molecule has 2 amide bonds. The Labute approximate surface area is 143 Å². The summed E-state index contributed by atoms with van der Waals surface area (Å²) in [5.41, 5.74) is 2.33. The average molecular weight is 333 g/mol. The minimum Gasteiger partial charge on any atom is -0.395 e. The Kier molecular flexibility index (Phi) is 4.42. The van der Waals surface area contributed by atoms with Crippen molar-refractivity contribution in [1.82, 2.24) is 14.4 Å². The van der Waals surface area contributed by atoms with E-state index < -0.39 is 5.41 Å². The standard InChI is InChI=1S/C18H27N3O3/c1-13-11-15(14(2)19(13)3)16(23)21-8-6-18(12-21)5-4-7-20(9-10-22)17(18)24/h11,22H,4-10,12H2,1-3H3/t18-/m0/s1. The molecule has 1 atom stereocenters. The highest BCUT2D eigenvalue weighted by atomic mass is 16.3. The topological polar surface area (TPSA) is 65.8 Å². The number of nitrogens with zero attached hydrogens (tertiary/aromatic N) is 3. The molecule has 6 heteroatoms. The number of β-amino-alcohol motifs (C(OH)–C–C–N with tert-alkyl or cyclic N) is 1. The lowest BCUT2D eigenvalue weighted by atomic mass is 9.78. The van der Waals surface area contributed by atoms with Gasteiger partial charge in [0.25, 0.3) is 5.91 Å². The van der Waals surface area contributed by atoms with Crippen molar-refractivity contribution in [2.45, 2.75) is 33.1 Å². The number of aromatic nitrogens is 1. The van der Waals surface area contributed by atoms with Crippen LogP contribution < -0.4 is 0 Å². The van der Waals surface area contributed by atoms with Gasteiger partial charge in [-0.2, -0.15) is 0 Å². The quantitative estimate of drug-likeness (QED) is 0.900. The maximum absolute atomic E-state index is 12.9. The highest BCUT2D eigenvalue weighted by Gasteiger charge is 2.49. The zero-order valence-electron chi connectivity index (χ0n) is 14.8. The molecule has 1 aromatic heterocycles. The fraction of sp³-hybridized carbons (Fsp3) is 0.667. The third-order valence-corrected chi connectivity index (χ3v) is 5.84. The van der Waals surface area contributed by atoms with Crippen LogP contribution >= 0.6 is 0 Å². The summed E-state index contributed by atoms with van der Waals surface area (Å²) in [6, 6.07) is 1.93. The number of aliphatic hydroxyl groups excluding tert-OH is 1. The number of hydrogen-bond donors (Lipinski definition) is 1. The van der Waals surface area contributed by atoms with Crippen molar-refractivity contribution in [1.29, 1.82) is 0 Å². The van der Waals surface area contributed by atoms with Crippen LogP contribution in [0.25, 0.3) is 0 Å². The molecule has 0 radical (unpaired) electrons. The molecule has 2 fully saturated rings. The number of carbonyl (C=O) groups excluding carboxylic acids is 2. The Morgan fingerprint density at radius 3 is 2.67 bits per heavy atom. The fourth-order valence-corrected chi connectivity index (χ4v) is 4.15.